The molecule has 5 nitrogen and oxygen atoms in total. The van der Waals surface area contributed by atoms with Gasteiger partial charge in [0.2, 0.25) is 5.13 Å². The number of rotatable bonds is 4. The van der Waals surface area contributed by atoms with Gasteiger partial charge in [-0.05, 0) is 21.0 Å². The Kier molecular flexibility index (Phi) is 3.47. The minimum Gasteiger partial charge on any atom is -0.306 e. The van der Waals surface area contributed by atoms with Crippen LogP contribution in [-0.2, 0) is 6.54 Å². The molecule has 2 aromatic heterocycles. The Morgan fingerprint density at radius 2 is 2.12 bits per heavy atom. The molecule has 2 aromatic rings. The lowest BCUT2D eigenvalue weighted by molar-refractivity contribution is 0.398. The van der Waals surface area contributed by atoms with Gasteiger partial charge in [-0.2, -0.15) is 0 Å². The lowest BCUT2D eigenvalue weighted by Crippen LogP contribution is -2.10. The fourth-order valence-corrected chi connectivity index (χ4v) is 2.56. The summed E-state index contributed by atoms with van der Waals surface area (Å²) in [6, 6.07) is 0. The number of hydrogen-bond donors (Lipinski definition) is 1. The average molecular weight is 255 g/mol. The minimum atomic E-state index is 0.795. The SMILES string of the molecule is Cc1nnc(Nc2nc(CN(C)C)cs2)s1. The maximum Gasteiger partial charge on any atom is 0.211 e. The molecule has 16 heavy (non-hydrogen) atoms. The molecule has 1 N–H and O–H groups in total. The summed E-state index contributed by atoms with van der Waals surface area (Å²) in [6.07, 6.45) is 0. The highest BCUT2D eigenvalue weighted by atomic mass is 32.1. The Morgan fingerprint density at radius 1 is 1.31 bits per heavy atom. The zero-order chi connectivity index (χ0) is 11.5. The topological polar surface area (TPSA) is 53.9 Å². The van der Waals surface area contributed by atoms with Gasteiger partial charge in [0.25, 0.3) is 0 Å². The second-order valence-corrected chi connectivity index (χ2v) is 5.67. The third-order valence-corrected chi connectivity index (χ3v) is 3.33. The fourth-order valence-electron chi connectivity index (χ4n) is 1.20. The van der Waals surface area contributed by atoms with Crippen LogP contribution >= 0.6 is 22.7 Å². The third kappa shape index (κ3) is 2.97. The first-order valence-electron chi connectivity index (χ1n) is 4.80. The Morgan fingerprint density at radius 3 is 2.75 bits per heavy atom. The van der Waals surface area contributed by atoms with E-state index in [1.807, 2.05) is 21.0 Å². The lowest BCUT2D eigenvalue weighted by Gasteiger charge is -2.05. The van der Waals surface area contributed by atoms with Crippen LogP contribution in [0.1, 0.15) is 10.7 Å². The van der Waals surface area contributed by atoms with Crippen molar-refractivity contribution in [3.05, 3.63) is 16.1 Å². The maximum absolute atomic E-state index is 4.46. The van der Waals surface area contributed by atoms with Gasteiger partial charge in [0.15, 0.2) is 5.13 Å². The fraction of sp³-hybridized carbons (Fsp3) is 0.444. The molecule has 0 aliphatic heterocycles. The lowest BCUT2D eigenvalue weighted by atomic mass is 10.5. The number of thiazole rings is 1. The van der Waals surface area contributed by atoms with Gasteiger partial charge in [0.1, 0.15) is 5.01 Å². The van der Waals surface area contributed by atoms with Crippen molar-refractivity contribution in [2.24, 2.45) is 0 Å². The number of anilines is 2. The summed E-state index contributed by atoms with van der Waals surface area (Å²) in [7, 11) is 4.06. The van der Waals surface area contributed by atoms with Crippen LogP contribution in [0.3, 0.4) is 0 Å². The summed E-state index contributed by atoms with van der Waals surface area (Å²) in [5, 5.41) is 15.8. The quantitative estimate of drug-likeness (QED) is 0.907. The third-order valence-electron chi connectivity index (χ3n) is 1.77. The highest BCUT2D eigenvalue weighted by molar-refractivity contribution is 7.16. The van der Waals surface area contributed by atoms with E-state index in [-0.39, 0.29) is 0 Å². The Labute approximate surface area is 102 Å². The first-order valence-corrected chi connectivity index (χ1v) is 6.49. The van der Waals surface area contributed by atoms with Crippen molar-refractivity contribution in [1.29, 1.82) is 0 Å². The largest absolute Gasteiger partial charge is 0.306 e. The van der Waals surface area contributed by atoms with Crippen LogP contribution in [0.4, 0.5) is 10.3 Å². The van der Waals surface area contributed by atoms with Crippen LogP contribution in [0.15, 0.2) is 5.38 Å². The number of nitrogens with one attached hydrogen (secondary N) is 1. The van der Waals surface area contributed by atoms with E-state index in [1.165, 1.54) is 11.3 Å². The predicted molar refractivity (Wildman–Crippen MR) is 67.4 cm³/mol. The molecule has 0 unspecified atom stereocenters. The van der Waals surface area contributed by atoms with Crippen molar-refractivity contribution < 1.29 is 0 Å². The Hall–Kier alpha value is -1.05. The molecule has 0 aliphatic rings. The molecule has 0 radical (unpaired) electrons. The molecule has 0 saturated heterocycles. The summed E-state index contributed by atoms with van der Waals surface area (Å²) in [5.74, 6) is 0. The molecule has 0 spiro atoms. The van der Waals surface area contributed by atoms with Crippen molar-refractivity contribution in [1.82, 2.24) is 20.1 Å². The molecular weight excluding hydrogens is 242 g/mol. The van der Waals surface area contributed by atoms with Gasteiger partial charge in [0, 0.05) is 11.9 Å². The number of nitrogens with zero attached hydrogens (tertiary/aromatic N) is 4. The molecular formula is C9H13N5S2. The molecule has 0 bridgehead atoms. The molecule has 0 amide bonds. The van der Waals surface area contributed by atoms with E-state index in [4.69, 9.17) is 0 Å². The Bertz CT molecular complexity index is 462. The second-order valence-electron chi connectivity index (χ2n) is 3.63. The molecule has 2 heterocycles. The zero-order valence-corrected chi connectivity index (χ0v) is 11.0. The summed E-state index contributed by atoms with van der Waals surface area (Å²) >= 11 is 3.11. The molecule has 0 fully saturated rings. The number of aromatic nitrogens is 3. The molecule has 0 aromatic carbocycles. The molecule has 0 aliphatic carbocycles. The van der Waals surface area contributed by atoms with Crippen molar-refractivity contribution in [2.45, 2.75) is 13.5 Å². The van der Waals surface area contributed by atoms with Gasteiger partial charge in [-0.3, -0.25) is 0 Å². The van der Waals surface area contributed by atoms with E-state index in [2.05, 4.69) is 30.8 Å². The van der Waals surface area contributed by atoms with Crippen LogP contribution in [0.5, 0.6) is 0 Å². The summed E-state index contributed by atoms with van der Waals surface area (Å²) in [4.78, 5) is 6.55. The Balaban J connectivity index is 2.02. The van der Waals surface area contributed by atoms with Gasteiger partial charge in [-0.1, -0.05) is 11.3 Å². The van der Waals surface area contributed by atoms with Crippen LogP contribution in [0, 0.1) is 6.92 Å². The monoisotopic (exact) mass is 255 g/mol. The average Bonchev–Trinajstić information content (AvgIpc) is 2.76. The minimum absolute atomic E-state index is 0.795. The summed E-state index contributed by atoms with van der Waals surface area (Å²) in [5.41, 5.74) is 1.07. The second kappa shape index (κ2) is 4.86. The van der Waals surface area contributed by atoms with Gasteiger partial charge < -0.3 is 10.2 Å². The van der Waals surface area contributed by atoms with Gasteiger partial charge in [-0.15, -0.1) is 21.5 Å². The van der Waals surface area contributed by atoms with E-state index in [1.54, 1.807) is 11.3 Å². The van der Waals surface area contributed by atoms with Gasteiger partial charge in [-0.25, -0.2) is 4.98 Å². The molecule has 0 atom stereocenters. The normalized spacial score (nSPS) is 11.0. The van der Waals surface area contributed by atoms with Crippen LogP contribution in [-0.4, -0.2) is 34.2 Å². The van der Waals surface area contributed by atoms with E-state index < -0.39 is 0 Å². The standard InChI is InChI=1S/C9H13N5S2/c1-6-12-13-9(16-6)11-8-10-7(5-15-8)4-14(2)3/h5H,4H2,1-3H3,(H,10,11,13). The van der Waals surface area contributed by atoms with E-state index in [0.29, 0.717) is 0 Å². The van der Waals surface area contributed by atoms with Crippen LogP contribution in [0.2, 0.25) is 0 Å². The molecule has 0 saturated carbocycles. The highest BCUT2D eigenvalue weighted by Gasteiger charge is 2.05. The summed E-state index contributed by atoms with van der Waals surface area (Å²) in [6.45, 7) is 2.79. The first kappa shape index (κ1) is 11.4. The molecule has 7 heteroatoms. The van der Waals surface area contributed by atoms with Crippen molar-refractivity contribution in [2.75, 3.05) is 19.4 Å². The van der Waals surface area contributed by atoms with Crippen molar-refractivity contribution in [3.8, 4) is 0 Å². The number of aryl methyl sites for hydroxylation is 1. The van der Waals surface area contributed by atoms with Gasteiger partial charge in [0.05, 0.1) is 5.69 Å². The maximum atomic E-state index is 4.46. The first-order chi connectivity index (χ1) is 7.63. The van der Waals surface area contributed by atoms with E-state index in [9.17, 15) is 0 Å². The molecule has 86 valence electrons. The summed E-state index contributed by atoms with van der Waals surface area (Å²) < 4.78 is 0. The highest BCUT2D eigenvalue weighted by Crippen LogP contribution is 2.23. The van der Waals surface area contributed by atoms with Crippen LogP contribution < -0.4 is 5.32 Å². The van der Waals surface area contributed by atoms with Crippen molar-refractivity contribution >= 4 is 32.9 Å². The van der Waals surface area contributed by atoms with Crippen LogP contribution in [0.25, 0.3) is 0 Å². The molecule has 2 rings (SSSR count). The van der Waals surface area contributed by atoms with Crippen molar-refractivity contribution in [3.63, 3.8) is 0 Å². The van der Waals surface area contributed by atoms with Gasteiger partial charge >= 0.3 is 0 Å². The zero-order valence-electron chi connectivity index (χ0n) is 9.39. The number of hydrogen-bond acceptors (Lipinski definition) is 7. The predicted octanol–water partition coefficient (Wildman–Crippen LogP) is 2.11. The van der Waals surface area contributed by atoms with E-state index in [0.717, 1.165) is 27.5 Å². The smallest absolute Gasteiger partial charge is 0.211 e. The van der Waals surface area contributed by atoms with E-state index >= 15 is 0 Å².